The molecule has 116 valence electrons. The standard InChI is InChI=1S/C14H20N2O5/c1-19-6-2-3-7-20-12-8-10(21-9-13(15)17)4-5-11(12)14(16)18/h4-5,8H,2-3,6-7,9H2,1H3,(H2,15,17)(H2,16,18). The zero-order valence-electron chi connectivity index (χ0n) is 12.0. The minimum absolute atomic E-state index is 0.247. The van der Waals surface area contributed by atoms with E-state index in [1.807, 2.05) is 0 Å². The number of carbonyl (C=O) groups excluding carboxylic acids is 2. The zero-order chi connectivity index (χ0) is 15.7. The highest BCUT2D eigenvalue weighted by molar-refractivity contribution is 5.95. The molecule has 1 rings (SSSR count). The van der Waals surface area contributed by atoms with Crippen LogP contribution in [0.1, 0.15) is 23.2 Å². The molecule has 0 aliphatic carbocycles. The van der Waals surface area contributed by atoms with Gasteiger partial charge in [0.05, 0.1) is 12.2 Å². The van der Waals surface area contributed by atoms with Gasteiger partial charge in [0.1, 0.15) is 11.5 Å². The van der Waals surface area contributed by atoms with E-state index in [0.29, 0.717) is 24.7 Å². The Hall–Kier alpha value is -2.28. The predicted molar refractivity (Wildman–Crippen MR) is 76.3 cm³/mol. The average Bonchev–Trinajstić information content (AvgIpc) is 2.44. The average molecular weight is 296 g/mol. The van der Waals surface area contributed by atoms with Gasteiger partial charge in [-0.3, -0.25) is 9.59 Å². The molecule has 0 heterocycles. The van der Waals surface area contributed by atoms with Gasteiger partial charge in [-0.15, -0.1) is 0 Å². The van der Waals surface area contributed by atoms with Crippen molar-refractivity contribution in [1.29, 1.82) is 0 Å². The lowest BCUT2D eigenvalue weighted by atomic mass is 10.2. The highest BCUT2D eigenvalue weighted by Crippen LogP contribution is 2.25. The van der Waals surface area contributed by atoms with Crippen LogP contribution in [-0.2, 0) is 9.53 Å². The molecule has 0 unspecified atom stereocenters. The Morgan fingerprint density at radius 1 is 1.10 bits per heavy atom. The molecule has 0 fully saturated rings. The smallest absolute Gasteiger partial charge is 0.255 e. The summed E-state index contributed by atoms with van der Waals surface area (Å²) in [5, 5.41) is 0. The van der Waals surface area contributed by atoms with Crippen molar-refractivity contribution in [2.24, 2.45) is 11.5 Å². The van der Waals surface area contributed by atoms with E-state index in [0.717, 1.165) is 12.8 Å². The molecule has 0 aliphatic heterocycles. The monoisotopic (exact) mass is 296 g/mol. The summed E-state index contributed by atoms with van der Waals surface area (Å²) >= 11 is 0. The van der Waals surface area contributed by atoms with Gasteiger partial charge in [-0.1, -0.05) is 0 Å². The SMILES string of the molecule is COCCCCOc1cc(OCC(N)=O)ccc1C(N)=O. The predicted octanol–water partition coefficient (Wildman–Crippen LogP) is 0.455. The number of benzene rings is 1. The molecule has 0 atom stereocenters. The highest BCUT2D eigenvalue weighted by atomic mass is 16.5. The first-order valence-electron chi connectivity index (χ1n) is 6.51. The number of nitrogens with two attached hydrogens (primary N) is 2. The van der Waals surface area contributed by atoms with Gasteiger partial charge in [-0.2, -0.15) is 0 Å². The van der Waals surface area contributed by atoms with Crippen molar-refractivity contribution in [1.82, 2.24) is 0 Å². The molecule has 0 spiro atoms. The third-order valence-electron chi connectivity index (χ3n) is 2.60. The zero-order valence-corrected chi connectivity index (χ0v) is 12.0. The molecule has 0 aliphatic rings. The van der Waals surface area contributed by atoms with Crippen LogP contribution >= 0.6 is 0 Å². The third kappa shape index (κ3) is 6.13. The van der Waals surface area contributed by atoms with Gasteiger partial charge in [0.15, 0.2) is 6.61 Å². The first kappa shape index (κ1) is 16.8. The lowest BCUT2D eigenvalue weighted by Gasteiger charge is -2.12. The Bertz CT molecular complexity index is 490. The molecular formula is C14H20N2O5. The molecule has 0 bridgehead atoms. The molecule has 0 saturated heterocycles. The summed E-state index contributed by atoms with van der Waals surface area (Å²) in [6, 6.07) is 4.53. The van der Waals surface area contributed by atoms with Crippen molar-refractivity contribution >= 4 is 11.8 Å². The van der Waals surface area contributed by atoms with Crippen molar-refractivity contribution in [2.75, 3.05) is 26.9 Å². The van der Waals surface area contributed by atoms with Crippen LogP contribution in [0, 0.1) is 0 Å². The lowest BCUT2D eigenvalue weighted by Crippen LogP contribution is -2.20. The summed E-state index contributed by atoms with van der Waals surface area (Å²) in [6.45, 7) is 0.819. The minimum atomic E-state index is -0.594. The first-order valence-corrected chi connectivity index (χ1v) is 6.51. The van der Waals surface area contributed by atoms with Crippen LogP contribution < -0.4 is 20.9 Å². The van der Waals surface area contributed by atoms with Crippen molar-refractivity contribution in [3.8, 4) is 11.5 Å². The van der Waals surface area contributed by atoms with E-state index in [4.69, 9.17) is 25.7 Å². The summed E-state index contributed by atoms with van der Waals surface area (Å²) in [4.78, 5) is 22.0. The number of primary amides is 2. The number of carbonyl (C=O) groups is 2. The fraction of sp³-hybridized carbons (Fsp3) is 0.429. The van der Waals surface area contributed by atoms with Gasteiger partial charge in [-0.05, 0) is 25.0 Å². The van der Waals surface area contributed by atoms with Gasteiger partial charge < -0.3 is 25.7 Å². The lowest BCUT2D eigenvalue weighted by molar-refractivity contribution is -0.119. The van der Waals surface area contributed by atoms with Gasteiger partial charge in [0.2, 0.25) is 0 Å². The molecular weight excluding hydrogens is 276 g/mol. The van der Waals surface area contributed by atoms with Crippen LogP contribution in [0.4, 0.5) is 0 Å². The molecule has 7 nitrogen and oxygen atoms in total. The van der Waals surface area contributed by atoms with Crippen LogP contribution in [0.2, 0.25) is 0 Å². The molecule has 7 heteroatoms. The van der Waals surface area contributed by atoms with Crippen molar-refractivity contribution in [3.05, 3.63) is 23.8 Å². The Labute approximate surface area is 123 Å². The number of hydrogen-bond donors (Lipinski definition) is 2. The maximum Gasteiger partial charge on any atom is 0.255 e. The Morgan fingerprint density at radius 2 is 1.81 bits per heavy atom. The summed E-state index contributed by atoms with van der Waals surface area (Å²) in [5.41, 5.74) is 10.5. The summed E-state index contributed by atoms with van der Waals surface area (Å²) < 4.78 is 15.6. The Balaban J connectivity index is 2.69. The molecule has 2 amide bonds. The number of amides is 2. The third-order valence-corrected chi connectivity index (χ3v) is 2.60. The normalized spacial score (nSPS) is 10.1. The second-order valence-corrected chi connectivity index (χ2v) is 4.33. The van der Waals surface area contributed by atoms with E-state index >= 15 is 0 Å². The van der Waals surface area contributed by atoms with Gasteiger partial charge >= 0.3 is 0 Å². The van der Waals surface area contributed by atoms with Gasteiger partial charge in [0.25, 0.3) is 11.8 Å². The van der Waals surface area contributed by atoms with E-state index in [1.165, 1.54) is 18.2 Å². The number of ether oxygens (including phenoxy) is 3. The number of hydrogen-bond acceptors (Lipinski definition) is 5. The van der Waals surface area contributed by atoms with E-state index < -0.39 is 11.8 Å². The molecule has 0 aromatic heterocycles. The fourth-order valence-corrected chi connectivity index (χ4v) is 1.60. The maximum absolute atomic E-state index is 11.3. The first-order chi connectivity index (χ1) is 10.0. The van der Waals surface area contributed by atoms with Crippen molar-refractivity contribution in [2.45, 2.75) is 12.8 Å². The second kappa shape index (κ2) is 8.80. The quantitative estimate of drug-likeness (QED) is 0.609. The van der Waals surface area contributed by atoms with Crippen LogP contribution in [-0.4, -0.2) is 38.7 Å². The summed E-state index contributed by atoms with van der Waals surface area (Å²) in [6.07, 6.45) is 1.62. The van der Waals surface area contributed by atoms with Crippen LogP contribution in [0.15, 0.2) is 18.2 Å². The van der Waals surface area contributed by atoms with E-state index in [-0.39, 0.29) is 12.2 Å². The van der Waals surface area contributed by atoms with Crippen LogP contribution in [0.25, 0.3) is 0 Å². The molecule has 0 saturated carbocycles. The summed E-state index contributed by atoms with van der Waals surface area (Å²) in [5.74, 6) is -0.480. The molecule has 1 aromatic rings. The van der Waals surface area contributed by atoms with Crippen molar-refractivity contribution < 1.29 is 23.8 Å². The molecule has 21 heavy (non-hydrogen) atoms. The maximum atomic E-state index is 11.3. The van der Waals surface area contributed by atoms with Crippen LogP contribution in [0.5, 0.6) is 11.5 Å². The van der Waals surface area contributed by atoms with Crippen LogP contribution in [0.3, 0.4) is 0 Å². The number of rotatable bonds is 10. The topological polar surface area (TPSA) is 114 Å². The van der Waals surface area contributed by atoms with Gasteiger partial charge in [-0.25, -0.2) is 0 Å². The second-order valence-electron chi connectivity index (χ2n) is 4.33. The highest BCUT2D eigenvalue weighted by Gasteiger charge is 2.11. The van der Waals surface area contributed by atoms with Gasteiger partial charge in [0, 0.05) is 19.8 Å². The van der Waals surface area contributed by atoms with E-state index in [9.17, 15) is 9.59 Å². The molecule has 1 aromatic carbocycles. The molecule has 4 N–H and O–H groups in total. The number of unbranched alkanes of at least 4 members (excludes halogenated alkanes) is 1. The Kier molecular flexibility index (Phi) is 7.03. The molecule has 0 radical (unpaired) electrons. The van der Waals surface area contributed by atoms with E-state index in [2.05, 4.69) is 0 Å². The Morgan fingerprint density at radius 3 is 2.43 bits per heavy atom. The largest absolute Gasteiger partial charge is 0.493 e. The number of methoxy groups -OCH3 is 1. The van der Waals surface area contributed by atoms with E-state index in [1.54, 1.807) is 7.11 Å². The van der Waals surface area contributed by atoms with Crippen molar-refractivity contribution in [3.63, 3.8) is 0 Å². The summed E-state index contributed by atoms with van der Waals surface area (Å²) in [7, 11) is 1.63. The minimum Gasteiger partial charge on any atom is -0.493 e. The fourth-order valence-electron chi connectivity index (χ4n) is 1.60.